The standard InChI is InChI=1S/C14H14N2O/c1-3-7-12-10(4-2)11-8-5-6-9-13(11)16(15)14(12)17/h3-9H,2,15H2,1H3/b7-3-. The fourth-order valence-electron chi connectivity index (χ4n) is 1.96. The van der Waals surface area contributed by atoms with E-state index in [0.29, 0.717) is 11.1 Å². The van der Waals surface area contributed by atoms with Gasteiger partial charge in [0.1, 0.15) is 0 Å². The average molecular weight is 226 g/mol. The van der Waals surface area contributed by atoms with Crippen molar-refractivity contribution in [1.82, 2.24) is 4.68 Å². The van der Waals surface area contributed by atoms with Crippen LogP contribution in [0.2, 0.25) is 0 Å². The molecular formula is C14H14N2O. The van der Waals surface area contributed by atoms with E-state index in [1.165, 1.54) is 4.68 Å². The molecule has 0 atom stereocenters. The monoisotopic (exact) mass is 226 g/mol. The Morgan fingerprint density at radius 3 is 2.65 bits per heavy atom. The molecule has 0 radical (unpaired) electrons. The second kappa shape index (κ2) is 4.29. The number of benzene rings is 1. The number of fused-ring (bicyclic) bond motifs is 1. The van der Waals surface area contributed by atoms with Crippen molar-refractivity contribution >= 4 is 23.1 Å². The van der Waals surface area contributed by atoms with Gasteiger partial charge in [-0.05, 0) is 18.6 Å². The molecule has 1 heterocycles. The van der Waals surface area contributed by atoms with E-state index >= 15 is 0 Å². The molecule has 0 aliphatic carbocycles. The summed E-state index contributed by atoms with van der Waals surface area (Å²) in [7, 11) is 0. The summed E-state index contributed by atoms with van der Waals surface area (Å²) in [6, 6.07) is 7.53. The van der Waals surface area contributed by atoms with E-state index in [1.807, 2.05) is 37.3 Å². The highest BCUT2D eigenvalue weighted by atomic mass is 16.1. The number of pyridine rings is 1. The Morgan fingerprint density at radius 1 is 1.29 bits per heavy atom. The molecule has 2 aromatic rings. The van der Waals surface area contributed by atoms with Gasteiger partial charge < -0.3 is 5.84 Å². The number of aromatic nitrogens is 1. The number of allylic oxidation sites excluding steroid dienone is 1. The third kappa shape index (κ3) is 1.65. The number of para-hydroxylation sites is 1. The zero-order valence-corrected chi connectivity index (χ0v) is 9.68. The molecule has 0 saturated carbocycles. The Hall–Kier alpha value is -2.29. The molecule has 0 unspecified atom stereocenters. The topological polar surface area (TPSA) is 48.0 Å². The van der Waals surface area contributed by atoms with Crippen LogP contribution in [-0.4, -0.2) is 4.68 Å². The molecule has 1 aromatic carbocycles. The summed E-state index contributed by atoms with van der Waals surface area (Å²) in [6.45, 7) is 5.64. The third-order valence-electron chi connectivity index (χ3n) is 2.73. The Bertz CT molecular complexity index is 666. The lowest BCUT2D eigenvalue weighted by molar-refractivity contribution is 0.982. The summed E-state index contributed by atoms with van der Waals surface area (Å²) in [6.07, 6.45) is 5.27. The van der Waals surface area contributed by atoms with E-state index < -0.39 is 0 Å². The second-order valence-corrected chi connectivity index (χ2v) is 3.72. The van der Waals surface area contributed by atoms with Crippen LogP contribution in [0.4, 0.5) is 0 Å². The molecule has 86 valence electrons. The predicted molar refractivity (Wildman–Crippen MR) is 73.2 cm³/mol. The lowest BCUT2D eigenvalue weighted by Crippen LogP contribution is -2.29. The van der Waals surface area contributed by atoms with Gasteiger partial charge >= 0.3 is 0 Å². The van der Waals surface area contributed by atoms with E-state index in [1.54, 1.807) is 12.2 Å². The number of hydrogen-bond donors (Lipinski definition) is 1. The summed E-state index contributed by atoms with van der Waals surface area (Å²) >= 11 is 0. The molecule has 0 fully saturated rings. The molecule has 0 aliphatic heterocycles. The van der Waals surface area contributed by atoms with Gasteiger partial charge in [0.2, 0.25) is 0 Å². The fourth-order valence-corrected chi connectivity index (χ4v) is 1.96. The molecule has 0 amide bonds. The van der Waals surface area contributed by atoms with Gasteiger partial charge in [-0.1, -0.05) is 43.0 Å². The summed E-state index contributed by atoms with van der Waals surface area (Å²) in [5.74, 6) is 5.81. The van der Waals surface area contributed by atoms with Crippen LogP contribution in [0.15, 0.2) is 41.7 Å². The van der Waals surface area contributed by atoms with Crippen LogP contribution in [0.3, 0.4) is 0 Å². The molecule has 17 heavy (non-hydrogen) atoms. The lowest BCUT2D eigenvalue weighted by atomic mass is 10.0. The predicted octanol–water partition coefficient (Wildman–Crippen LogP) is 2.39. The molecule has 3 heteroatoms. The minimum absolute atomic E-state index is 0.211. The van der Waals surface area contributed by atoms with Crippen molar-refractivity contribution in [2.75, 3.05) is 5.84 Å². The largest absolute Gasteiger partial charge is 0.336 e. The van der Waals surface area contributed by atoms with Crippen molar-refractivity contribution in [3.63, 3.8) is 0 Å². The van der Waals surface area contributed by atoms with E-state index in [4.69, 9.17) is 5.84 Å². The Balaban J connectivity index is 3.06. The number of nitrogens with two attached hydrogens (primary N) is 1. The minimum atomic E-state index is -0.211. The molecule has 2 N–H and O–H groups in total. The summed E-state index contributed by atoms with van der Waals surface area (Å²) in [5.41, 5.74) is 1.89. The Labute approximate surface area is 99.5 Å². The number of nitrogen functional groups attached to an aromatic ring is 1. The van der Waals surface area contributed by atoms with Gasteiger partial charge in [0.15, 0.2) is 0 Å². The first-order valence-corrected chi connectivity index (χ1v) is 5.38. The quantitative estimate of drug-likeness (QED) is 0.799. The third-order valence-corrected chi connectivity index (χ3v) is 2.73. The summed E-state index contributed by atoms with van der Waals surface area (Å²) in [4.78, 5) is 12.1. The second-order valence-electron chi connectivity index (χ2n) is 3.72. The van der Waals surface area contributed by atoms with Crippen LogP contribution in [-0.2, 0) is 0 Å². The smallest absolute Gasteiger partial charge is 0.277 e. The zero-order valence-electron chi connectivity index (χ0n) is 9.68. The highest BCUT2D eigenvalue weighted by Gasteiger charge is 2.10. The van der Waals surface area contributed by atoms with Crippen LogP contribution in [0.5, 0.6) is 0 Å². The number of hydrogen-bond acceptors (Lipinski definition) is 2. The molecule has 0 aliphatic rings. The van der Waals surface area contributed by atoms with Gasteiger partial charge in [-0.2, -0.15) is 0 Å². The maximum atomic E-state index is 12.1. The first kappa shape index (κ1) is 11.2. The molecule has 2 rings (SSSR count). The number of rotatable bonds is 2. The molecule has 1 aromatic heterocycles. The normalized spacial score (nSPS) is 11.1. The van der Waals surface area contributed by atoms with Crippen molar-refractivity contribution in [3.05, 3.63) is 58.4 Å². The van der Waals surface area contributed by atoms with Crippen LogP contribution < -0.4 is 11.4 Å². The molecular weight excluding hydrogens is 212 g/mol. The summed E-state index contributed by atoms with van der Waals surface area (Å²) < 4.78 is 1.18. The van der Waals surface area contributed by atoms with Crippen molar-refractivity contribution in [1.29, 1.82) is 0 Å². The van der Waals surface area contributed by atoms with E-state index in [0.717, 1.165) is 10.9 Å². The maximum absolute atomic E-state index is 12.1. The van der Waals surface area contributed by atoms with Gasteiger partial charge in [-0.15, -0.1) is 0 Å². The Kier molecular flexibility index (Phi) is 2.83. The van der Waals surface area contributed by atoms with Crippen LogP contribution in [0.25, 0.3) is 23.1 Å². The van der Waals surface area contributed by atoms with Gasteiger partial charge in [-0.3, -0.25) is 4.79 Å². The van der Waals surface area contributed by atoms with Gasteiger partial charge in [0.05, 0.1) is 5.52 Å². The fraction of sp³-hybridized carbons (Fsp3) is 0.0714. The van der Waals surface area contributed by atoms with E-state index in [9.17, 15) is 4.79 Å². The van der Waals surface area contributed by atoms with E-state index in [2.05, 4.69) is 6.58 Å². The average Bonchev–Trinajstić information content (AvgIpc) is 2.36. The van der Waals surface area contributed by atoms with Gasteiger partial charge in [0, 0.05) is 10.9 Å². The minimum Gasteiger partial charge on any atom is -0.336 e. The first-order chi connectivity index (χ1) is 8.20. The highest BCUT2D eigenvalue weighted by molar-refractivity contribution is 5.91. The number of nitrogens with zero attached hydrogens (tertiary/aromatic N) is 1. The van der Waals surface area contributed by atoms with Crippen molar-refractivity contribution in [2.24, 2.45) is 0 Å². The van der Waals surface area contributed by atoms with Gasteiger partial charge in [-0.25, -0.2) is 4.68 Å². The van der Waals surface area contributed by atoms with Crippen LogP contribution in [0, 0.1) is 0 Å². The molecule has 0 spiro atoms. The molecule has 0 saturated heterocycles. The zero-order chi connectivity index (χ0) is 12.4. The summed E-state index contributed by atoms with van der Waals surface area (Å²) in [5, 5.41) is 0.928. The van der Waals surface area contributed by atoms with Crippen molar-refractivity contribution in [3.8, 4) is 0 Å². The Morgan fingerprint density at radius 2 is 2.00 bits per heavy atom. The molecule has 0 bridgehead atoms. The first-order valence-electron chi connectivity index (χ1n) is 5.38. The van der Waals surface area contributed by atoms with Crippen molar-refractivity contribution in [2.45, 2.75) is 6.92 Å². The van der Waals surface area contributed by atoms with Crippen LogP contribution in [0.1, 0.15) is 18.1 Å². The van der Waals surface area contributed by atoms with Crippen LogP contribution >= 0.6 is 0 Å². The van der Waals surface area contributed by atoms with E-state index in [-0.39, 0.29) is 5.56 Å². The lowest BCUT2D eigenvalue weighted by Gasteiger charge is -2.10. The maximum Gasteiger partial charge on any atom is 0.277 e. The van der Waals surface area contributed by atoms with Crippen molar-refractivity contribution < 1.29 is 0 Å². The SMILES string of the molecule is C=Cc1c(/C=C\C)c(=O)n(N)c2ccccc12. The highest BCUT2D eigenvalue weighted by Crippen LogP contribution is 2.20. The molecule has 3 nitrogen and oxygen atoms in total. The van der Waals surface area contributed by atoms with Gasteiger partial charge in [0.25, 0.3) is 5.56 Å².